The van der Waals surface area contributed by atoms with Gasteiger partial charge in [-0.3, -0.25) is 4.79 Å². The third-order valence-corrected chi connectivity index (χ3v) is 4.32. The Labute approximate surface area is 127 Å². The lowest BCUT2D eigenvalue weighted by atomic mass is 10.2. The molecule has 0 bridgehead atoms. The number of amides is 1. The van der Waals surface area contributed by atoms with Gasteiger partial charge >= 0.3 is 0 Å². The number of rotatable bonds is 8. The zero-order valence-electron chi connectivity index (χ0n) is 12.8. The summed E-state index contributed by atoms with van der Waals surface area (Å²) in [6.45, 7) is 5.11. The van der Waals surface area contributed by atoms with Crippen LogP contribution in [0, 0.1) is 0 Å². The molecule has 0 aliphatic heterocycles. The first-order valence-corrected chi connectivity index (χ1v) is 9.04. The summed E-state index contributed by atoms with van der Waals surface area (Å²) in [5.74, 6) is -0.0174. The monoisotopic (exact) mass is 312 g/mol. The van der Waals surface area contributed by atoms with Crippen LogP contribution in [0.15, 0.2) is 29.2 Å². The molecule has 0 radical (unpaired) electrons. The van der Waals surface area contributed by atoms with Crippen molar-refractivity contribution in [3.8, 4) is 0 Å². The fraction of sp³-hybridized carbons (Fsp3) is 0.533. The van der Waals surface area contributed by atoms with Crippen molar-refractivity contribution in [1.82, 2.24) is 10.6 Å². The first kappa shape index (κ1) is 17.7. The minimum atomic E-state index is -3.16. The topological polar surface area (TPSA) is 75.3 Å². The van der Waals surface area contributed by atoms with Gasteiger partial charge in [0.05, 0.1) is 10.9 Å². The number of nitrogens with one attached hydrogen (secondary N) is 2. The van der Waals surface area contributed by atoms with Crippen molar-refractivity contribution >= 4 is 15.7 Å². The molecule has 1 rings (SSSR count). The van der Waals surface area contributed by atoms with Crippen LogP contribution in [-0.4, -0.2) is 33.2 Å². The molecule has 0 aliphatic rings. The highest BCUT2D eigenvalue weighted by molar-refractivity contribution is 7.90. The highest BCUT2D eigenvalue weighted by Crippen LogP contribution is 2.10. The maximum Gasteiger partial charge on any atom is 0.236 e. The lowest BCUT2D eigenvalue weighted by molar-refractivity contribution is -0.122. The van der Waals surface area contributed by atoms with Crippen LogP contribution in [0.1, 0.15) is 32.3 Å². The molecule has 5 nitrogen and oxygen atoms in total. The van der Waals surface area contributed by atoms with E-state index in [1.165, 1.54) is 6.26 Å². The Morgan fingerprint density at radius 3 is 2.38 bits per heavy atom. The summed E-state index contributed by atoms with van der Waals surface area (Å²) in [6.07, 6.45) is 3.21. The van der Waals surface area contributed by atoms with Crippen LogP contribution in [0.5, 0.6) is 0 Å². The van der Waals surface area contributed by atoms with Crippen molar-refractivity contribution in [1.29, 1.82) is 0 Å². The highest BCUT2D eigenvalue weighted by atomic mass is 32.2. The van der Waals surface area contributed by atoms with Gasteiger partial charge in [-0.05, 0) is 31.0 Å². The van der Waals surface area contributed by atoms with Crippen LogP contribution >= 0.6 is 0 Å². The van der Waals surface area contributed by atoms with Crippen LogP contribution in [-0.2, 0) is 21.2 Å². The van der Waals surface area contributed by atoms with Gasteiger partial charge in [0, 0.05) is 19.3 Å². The van der Waals surface area contributed by atoms with Crippen LogP contribution in [0.3, 0.4) is 0 Å². The second-order valence-electron chi connectivity index (χ2n) is 5.16. The number of hydrogen-bond donors (Lipinski definition) is 2. The molecule has 0 aliphatic carbocycles. The van der Waals surface area contributed by atoms with E-state index >= 15 is 0 Å². The Bertz CT molecular complexity index is 553. The van der Waals surface area contributed by atoms with E-state index in [1.54, 1.807) is 24.3 Å². The molecule has 1 aromatic rings. The third-order valence-electron chi connectivity index (χ3n) is 3.19. The molecule has 0 aromatic heterocycles. The minimum absolute atomic E-state index is 0.0174. The van der Waals surface area contributed by atoms with Crippen LogP contribution in [0.4, 0.5) is 0 Å². The molecule has 21 heavy (non-hydrogen) atoms. The molecule has 0 saturated carbocycles. The lowest BCUT2D eigenvalue weighted by Gasteiger charge is -2.14. The van der Waals surface area contributed by atoms with E-state index in [4.69, 9.17) is 0 Å². The fourth-order valence-corrected chi connectivity index (χ4v) is 2.39. The van der Waals surface area contributed by atoms with Crippen LogP contribution < -0.4 is 10.6 Å². The first-order valence-electron chi connectivity index (χ1n) is 7.14. The van der Waals surface area contributed by atoms with Gasteiger partial charge in [-0.2, -0.15) is 0 Å². The number of benzene rings is 1. The van der Waals surface area contributed by atoms with E-state index in [2.05, 4.69) is 17.6 Å². The van der Waals surface area contributed by atoms with E-state index in [9.17, 15) is 13.2 Å². The maximum absolute atomic E-state index is 11.8. The number of carbonyl (C=O) groups excluding carboxylic acids is 1. The van der Waals surface area contributed by atoms with Gasteiger partial charge in [0.25, 0.3) is 0 Å². The van der Waals surface area contributed by atoms with E-state index in [-0.39, 0.29) is 11.9 Å². The quantitative estimate of drug-likeness (QED) is 0.713. The highest BCUT2D eigenvalue weighted by Gasteiger charge is 2.11. The summed E-state index contributed by atoms with van der Waals surface area (Å²) in [5, 5.41) is 5.99. The van der Waals surface area contributed by atoms with Gasteiger partial charge in [0.15, 0.2) is 9.84 Å². The van der Waals surface area contributed by atoms with Gasteiger partial charge < -0.3 is 10.6 Å². The third kappa shape index (κ3) is 6.27. The Morgan fingerprint density at radius 2 is 1.86 bits per heavy atom. The van der Waals surface area contributed by atoms with Crippen molar-refractivity contribution in [2.24, 2.45) is 0 Å². The van der Waals surface area contributed by atoms with E-state index in [0.717, 1.165) is 18.4 Å². The standard InChI is InChI=1S/C15H24N2O3S/c1-4-5-10-16-15(18)12(2)17-11-13-6-8-14(9-7-13)21(3,19)20/h6-9,12,17H,4-5,10-11H2,1-3H3,(H,16,18). The maximum atomic E-state index is 11.8. The molecule has 0 saturated heterocycles. The van der Waals surface area contributed by atoms with E-state index in [1.807, 2.05) is 6.92 Å². The average molecular weight is 312 g/mol. The first-order chi connectivity index (χ1) is 9.84. The molecule has 2 N–H and O–H groups in total. The summed E-state index contributed by atoms with van der Waals surface area (Å²) < 4.78 is 22.7. The largest absolute Gasteiger partial charge is 0.355 e. The van der Waals surface area contributed by atoms with E-state index in [0.29, 0.717) is 18.0 Å². The van der Waals surface area contributed by atoms with Gasteiger partial charge in [-0.25, -0.2) is 8.42 Å². The Hall–Kier alpha value is -1.40. The predicted octanol–water partition coefficient (Wildman–Crippen LogP) is 1.48. The van der Waals surface area contributed by atoms with Gasteiger partial charge in [0.1, 0.15) is 0 Å². The molecule has 1 aromatic carbocycles. The molecule has 118 valence electrons. The van der Waals surface area contributed by atoms with E-state index < -0.39 is 9.84 Å². The van der Waals surface area contributed by atoms with Crippen LogP contribution in [0.25, 0.3) is 0 Å². The SMILES string of the molecule is CCCCNC(=O)C(C)NCc1ccc(S(C)(=O)=O)cc1. The molecule has 0 heterocycles. The second kappa shape index (κ2) is 8.14. The normalized spacial score (nSPS) is 12.9. The average Bonchev–Trinajstić information content (AvgIpc) is 2.44. The predicted molar refractivity (Wildman–Crippen MR) is 83.8 cm³/mol. The zero-order chi connectivity index (χ0) is 15.9. The number of carbonyl (C=O) groups is 1. The smallest absolute Gasteiger partial charge is 0.236 e. The van der Waals surface area contributed by atoms with Gasteiger partial charge in [0.2, 0.25) is 5.91 Å². The molecular weight excluding hydrogens is 288 g/mol. The van der Waals surface area contributed by atoms with Crippen molar-refractivity contribution in [2.75, 3.05) is 12.8 Å². The molecule has 0 spiro atoms. The molecular formula is C15H24N2O3S. The molecule has 6 heteroatoms. The summed E-state index contributed by atoms with van der Waals surface area (Å²) in [4.78, 5) is 12.1. The summed E-state index contributed by atoms with van der Waals surface area (Å²) in [7, 11) is -3.16. The number of sulfone groups is 1. The zero-order valence-corrected chi connectivity index (χ0v) is 13.7. The minimum Gasteiger partial charge on any atom is -0.355 e. The molecule has 1 amide bonds. The number of hydrogen-bond acceptors (Lipinski definition) is 4. The fourth-order valence-electron chi connectivity index (χ4n) is 1.76. The molecule has 1 unspecified atom stereocenters. The Kier molecular flexibility index (Phi) is 6.84. The summed E-state index contributed by atoms with van der Waals surface area (Å²) in [6, 6.07) is 6.39. The second-order valence-corrected chi connectivity index (χ2v) is 7.18. The van der Waals surface area contributed by atoms with Crippen LogP contribution in [0.2, 0.25) is 0 Å². The summed E-state index contributed by atoms with van der Waals surface area (Å²) in [5.41, 5.74) is 0.940. The Morgan fingerprint density at radius 1 is 1.24 bits per heavy atom. The van der Waals surface area contributed by atoms with Gasteiger partial charge in [-0.1, -0.05) is 25.5 Å². The van der Waals surface area contributed by atoms with Crippen molar-refractivity contribution < 1.29 is 13.2 Å². The van der Waals surface area contributed by atoms with Gasteiger partial charge in [-0.15, -0.1) is 0 Å². The van der Waals surface area contributed by atoms with Crippen molar-refractivity contribution in [2.45, 2.75) is 44.2 Å². The molecule has 1 atom stereocenters. The van der Waals surface area contributed by atoms with Crippen molar-refractivity contribution in [3.05, 3.63) is 29.8 Å². The summed E-state index contributed by atoms with van der Waals surface area (Å²) >= 11 is 0. The Balaban J connectivity index is 2.46. The number of unbranched alkanes of at least 4 members (excludes halogenated alkanes) is 1. The lowest BCUT2D eigenvalue weighted by Crippen LogP contribution is -2.42. The van der Waals surface area contributed by atoms with Crippen molar-refractivity contribution in [3.63, 3.8) is 0 Å². The molecule has 0 fully saturated rings.